The zero-order chi connectivity index (χ0) is 23.1. The fourth-order valence-corrected chi connectivity index (χ4v) is 3.59. The highest BCUT2D eigenvalue weighted by molar-refractivity contribution is 5.90. The third-order valence-corrected chi connectivity index (χ3v) is 5.25. The molecule has 0 heterocycles. The molecule has 32 heavy (non-hydrogen) atoms. The van der Waals surface area contributed by atoms with E-state index in [0.717, 1.165) is 16.3 Å². The van der Waals surface area contributed by atoms with Crippen LogP contribution < -0.4 is 10.1 Å². The highest BCUT2D eigenvalue weighted by Gasteiger charge is 2.28. The fraction of sp³-hybridized carbons (Fsp3) is 0.333. The molecule has 0 spiro atoms. The normalized spacial score (nSPS) is 12.2. The number of amides is 2. The standard InChI is InChI=1S/C27H32N2O3/c1-20(26(31)28-27(2,3)4)29(18-17-21-11-6-5-7-12-21)25(30)19-32-24-16-10-14-22-13-8-9-15-23(22)24/h5-16,20H,17-19H2,1-4H3,(H,28,31). The van der Waals surface area contributed by atoms with Crippen LogP contribution in [0.1, 0.15) is 33.3 Å². The second kappa shape index (κ2) is 10.3. The van der Waals surface area contributed by atoms with Crippen molar-refractivity contribution in [2.24, 2.45) is 0 Å². The van der Waals surface area contributed by atoms with Gasteiger partial charge in [-0.15, -0.1) is 0 Å². The summed E-state index contributed by atoms with van der Waals surface area (Å²) in [4.78, 5) is 27.6. The number of carbonyl (C=O) groups is 2. The Kier molecular flexibility index (Phi) is 7.52. The van der Waals surface area contributed by atoms with Gasteiger partial charge in [-0.05, 0) is 51.1 Å². The lowest BCUT2D eigenvalue weighted by atomic mass is 10.1. The molecule has 168 valence electrons. The van der Waals surface area contributed by atoms with Crippen LogP contribution in [0.2, 0.25) is 0 Å². The third-order valence-electron chi connectivity index (χ3n) is 5.25. The Morgan fingerprint density at radius 1 is 0.938 bits per heavy atom. The van der Waals surface area contributed by atoms with Gasteiger partial charge in [0.25, 0.3) is 5.91 Å². The molecular formula is C27H32N2O3. The molecule has 2 amide bonds. The molecular weight excluding hydrogens is 400 g/mol. The Labute approximate surface area is 190 Å². The van der Waals surface area contributed by atoms with Gasteiger partial charge in [0, 0.05) is 17.5 Å². The Hall–Kier alpha value is -3.34. The summed E-state index contributed by atoms with van der Waals surface area (Å²) >= 11 is 0. The van der Waals surface area contributed by atoms with Crippen molar-refractivity contribution in [3.05, 3.63) is 78.4 Å². The number of nitrogens with zero attached hydrogens (tertiary/aromatic N) is 1. The van der Waals surface area contributed by atoms with E-state index in [2.05, 4.69) is 5.32 Å². The Morgan fingerprint density at radius 3 is 2.31 bits per heavy atom. The Bertz CT molecular complexity index is 1050. The second-order valence-electron chi connectivity index (χ2n) is 9.00. The summed E-state index contributed by atoms with van der Waals surface area (Å²) in [5, 5.41) is 4.98. The quantitative estimate of drug-likeness (QED) is 0.566. The smallest absolute Gasteiger partial charge is 0.261 e. The van der Waals surface area contributed by atoms with Crippen molar-refractivity contribution < 1.29 is 14.3 Å². The molecule has 5 nitrogen and oxygen atoms in total. The van der Waals surface area contributed by atoms with Crippen molar-refractivity contribution in [3.63, 3.8) is 0 Å². The lowest BCUT2D eigenvalue weighted by molar-refractivity contribution is -0.142. The zero-order valence-electron chi connectivity index (χ0n) is 19.3. The average molecular weight is 433 g/mol. The van der Waals surface area contributed by atoms with E-state index in [4.69, 9.17) is 4.74 Å². The molecule has 0 aliphatic heterocycles. The molecule has 0 aromatic heterocycles. The van der Waals surface area contributed by atoms with Crippen LogP contribution in [-0.4, -0.2) is 41.4 Å². The van der Waals surface area contributed by atoms with Crippen molar-refractivity contribution in [1.82, 2.24) is 10.2 Å². The fourth-order valence-electron chi connectivity index (χ4n) is 3.59. The van der Waals surface area contributed by atoms with E-state index < -0.39 is 6.04 Å². The van der Waals surface area contributed by atoms with Gasteiger partial charge in [-0.2, -0.15) is 0 Å². The largest absolute Gasteiger partial charge is 0.483 e. The molecule has 3 aromatic rings. The molecule has 3 rings (SSSR count). The van der Waals surface area contributed by atoms with E-state index in [1.165, 1.54) is 0 Å². The zero-order valence-corrected chi connectivity index (χ0v) is 19.3. The van der Waals surface area contributed by atoms with Gasteiger partial charge in [0.1, 0.15) is 11.8 Å². The first-order valence-corrected chi connectivity index (χ1v) is 11.0. The first kappa shape index (κ1) is 23.3. The van der Waals surface area contributed by atoms with Crippen molar-refractivity contribution >= 4 is 22.6 Å². The van der Waals surface area contributed by atoms with Crippen LogP contribution in [-0.2, 0) is 16.0 Å². The highest BCUT2D eigenvalue weighted by atomic mass is 16.5. The van der Waals surface area contributed by atoms with Crippen LogP contribution in [0, 0.1) is 0 Å². The van der Waals surface area contributed by atoms with E-state index in [1.54, 1.807) is 11.8 Å². The Balaban J connectivity index is 1.74. The van der Waals surface area contributed by atoms with Crippen LogP contribution in [0.15, 0.2) is 72.8 Å². The minimum atomic E-state index is -0.610. The van der Waals surface area contributed by atoms with Crippen LogP contribution in [0.5, 0.6) is 5.75 Å². The van der Waals surface area contributed by atoms with Crippen LogP contribution in [0.25, 0.3) is 10.8 Å². The highest BCUT2D eigenvalue weighted by Crippen LogP contribution is 2.25. The number of benzene rings is 3. The molecule has 0 aliphatic carbocycles. The van der Waals surface area contributed by atoms with E-state index in [9.17, 15) is 9.59 Å². The first-order valence-electron chi connectivity index (χ1n) is 11.0. The molecule has 1 unspecified atom stereocenters. The van der Waals surface area contributed by atoms with Crippen LogP contribution in [0.3, 0.4) is 0 Å². The molecule has 0 aliphatic rings. The second-order valence-corrected chi connectivity index (χ2v) is 9.00. The maximum absolute atomic E-state index is 13.2. The molecule has 0 radical (unpaired) electrons. The van der Waals surface area contributed by atoms with E-state index in [-0.39, 0.29) is 24.0 Å². The average Bonchev–Trinajstić information content (AvgIpc) is 2.77. The predicted molar refractivity (Wildman–Crippen MR) is 129 cm³/mol. The first-order chi connectivity index (χ1) is 15.2. The lowest BCUT2D eigenvalue weighted by Gasteiger charge is -2.31. The molecule has 5 heteroatoms. The van der Waals surface area contributed by atoms with Crippen LogP contribution in [0.4, 0.5) is 0 Å². The number of rotatable bonds is 8. The number of carbonyl (C=O) groups excluding carboxylic acids is 2. The van der Waals surface area contributed by atoms with E-state index in [0.29, 0.717) is 18.7 Å². The van der Waals surface area contributed by atoms with Gasteiger partial charge in [0.2, 0.25) is 5.91 Å². The van der Waals surface area contributed by atoms with Crippen molar-refractivity contribution in [2.45, 2.75) is 45.7 Å². The molecule has 0 fully saturated rings. The topological polar surface area (TPSA) is 58.6 Å². The summed E-state index contributed by atoms with van der Waals surface area (Å²) in [6.45, 7) is 7.85. The summed E-state index contributed by atoms with van der Waals surface area (Å²) < 4.78 is 5.92. The van der Waals surface area contributed by atoms with Crippen molar-refractivity contribution in [2.75, 3.05) is 13.2 Å². The van der Waals surface area contributed by atoms with Crippen LogP contribution >= 0.6 is 0 Å². The van der Waals surface area contributed by atoms with Gasteiger partial charge in [-0.1, -0.05) is 66.7 Å². The van der Waals surface area contributed by atoms with Gasteiger partial charge < -0.3 is 15.0 Å². The number of ether oxygens (including phenoxy) is 1. The van der Waals surface area contributed by atoms with Gasteiger partial charge in [0.15, 0.2) is 6.61 Å². The monoisotopic (exact) mass is 432 g/mol. The number of hydrogen-bond acceptors (Lipinski definition) is 3. The van der Waals surface area contributed by atoms with E-state index in [1.807, 2.05) is 93.6 Å². The predicted octanol–water partition coefficient (Wildman–Crippen LogP) is 4.59. The Morgan fingerprint density at radius 2 is 1.59 bits per heavy atom. The molecule has 3 aromatic carbocycles. The SMILES string of the molecule is CC(C(=O)NC(C)(C)C)N(CCc1ccccc1)C(=O)COc1cccc2ccccc12. The summed E-state index contributed by atoms with van der Waals surface area (Å²) in [5.41, 5.74) is 0.738. The number of hydrogen-bond donors (Lipinski definition) is 1. The van der Waals surface area contributed by atoms with Gasteiger partial charge in [0.05, 0.1) is 0 Å². The molecule has 0 saturated carbocycles. The minimum Gasteiger partial charge on any atom is -0.483 e. The summed E-state index contributed by atoms with van der Waals surface area (Å²) in [6, 6.07) is 23.0. The molecule has 1 N–H and O–H groups in total. The summed E-state index contributed by atoms with van der Waals surface area (Å²) in [6.07, 6.45) is 0.661. The molecule has 0 bridgehead atoms. The van der Waals surface area contributed by atoms with Gasteiger partial charge >= 0.3 is 0 Å². The molecule has 0 saturated heterocycles. The van der Waals surface area contributed by atoms with Gasteiger partial charge in [-0.3, -0.25) is 9.59 Å². The lowest BCUT2D eigenvalue weighted by Crippen LogP contribution is -2.53. The maximum Gasteiger partial charge on any atom is 0.261 e. The van der Waals surface area contributed by atoms with Crippen molar-refractivity contribution in [3.8, 4) is 5.75 Å². The van der Waals surface area contributed by atoms with Crippen molar-refractivity contribution in [1.29, 1.82) is 0 Å². The van der Waals surface area contributed by atoms with E-state index >= 15 is 0 Å². The third kappa shape index (κ3) is 6.33. The number of fused-ring (bicyclic) bond motifs is 1. The molecule has 1 atom stereocenters. The number of nitrogens with one attached hydrogen (secondary N) is 1. The summed E-state index contributed by atoms with van der Waals surface area (Å²) in [7, 11) is 0. The van der Waals surface area contributed by atoms with Gasteiger partial charge in [-0.25, -0.2) is 0 Å². The maximum atomic E-state index is 13.2. The minimum absolute atomic E-state index is 0.129. The summed E-state index contributed by atoms with van der Waals surface area (Å²) in [5.74, 6) is 0.265.